The number of fused-ring (bicyclic) bond motifs is 1. The predicted molar refractivity (Wildman–Crippen MR) is 56.8 cm³/mol. The van der Waals surface area contributed by atoms with E-state index < -0.39 is 0 Å². The molecule has 2 aliphatic rings. The lowest BCUT2D eigenvalue weighted by Gasteiger charge is -2.19. The minimum absolute atomic E-state index is 0.127. The Bertz CT molecular complexity index is 410. The molecule has 0 radical (unpaired) electrons. The summed E-state index contributed by atoms with van der Waals surface area (Å²) in [6.07, 6.45) is 2.87. The van der Waals surface area contributed by atoms with E-state index in [2.05, 4.69) is 11.4 Å². The molecule has 1 aromatic rings. The van der Waals surface area contributed by atoms with Crippen LogP contribution in [0.5, 0.6) is 0 Å². The summed E-state index contributed by atoms with van der Waals surface area (Å²) in [5.74, 6) is 0.127. The van der Waals surface area contributed by atoms with Crippen molar-refractivity contribution in [1.82, 2.24) is 0 Å². The van der Waals surface area contributed by atoms with E-state index in [1.54, 1.807) is 0 Å². The number of amides is 1. The van der Waals surface area contributed by atoms with Crippen LogP contribution in [0.1, 0.15) is 17.5 Å². The highest BCUT2D eigenvalue weighted by molar-refractivity contribution is 5.94. The number of hydrogen-bond acceptors (Lipinski definition) is 2. The molecule has 0 bridgehead atoms. The van der Waals surface area contributed by atoms with E-state index in [0.29, 0.717) is 12.5 Å². The van der Waals surface area contributed by atoms with Crippen molar-refractivity contribution in [2.45, 2.75) is 25.4 Å². The summed E-state index contributed by atoms with van der Waals surface area (Å²) in [5, 5.41) is 2.91. The van der Waals surface area contributed by atoms with E-state index in [0.717, 1.165) is 25.1 Å². The van der Waals surface area contributed by atoms with Gasteiger partial charge in [-0.2, -0.15) is 0 Å². The Morgan fingerprint density at radius 1 is 1.40 bits per heavy atom. The lowest BCUT2D eigenvalue weighted by atomic mass is 9.95. The van der Waals surface area contributed by atoms with Gasteiger partial charge in [0.05, 0.1) is 12.7 Å². The first-order chi connectivity index (χ1) is 7.33. The Balaban J connectivity index is 1.93. The third-order valence-electron chi connectivity index (χ3n) is 3.00. The quantitative estimate of drug-likeness (QED) is 0.740. The summed E-state index contributed by atoms with van der Waals surface area (Å²) in [4.78, 5) is 11.2. The highest BCUT2D eigenvalue weighted by atomic mass is 16.6. The molecule has 1 fully saturated rings. The van der Waals surface area contributed by atoms with Gasteiger partial charge in [0.15, 0.2) is 0 Å². The first-order valence-corrected chi connectivity index (χ1v) is 5.35. The van der Waals surface area contributed by atoms with Gasteiger partial charge in [-0.1, -0.05) is 12.1 Å². The summed E-state index contributed by atoms with van der Waals surface area (Å²) in [5.41, 5.74) is 3.62. The molecular weight excluding hydrogens is 190 g/mol. The fourth-order valence-electron chi connectivity index (χ4n) is 2.12. The van der Waals surface area contributed by atoms with Gasteiger partial charge in [-0.15, -0.1) is 0 Å². The van der Waals surface area contributed by atoms with Crippen LogP contribution in [0.3, 0.4) is 0 Å². The summed E-state index contributed by atoms with van der Waals surface area (Å²) in [6.45, 7) is 0.885. The zero-order valence-corrected chi connectivity index (χ0v) is 8.45. The second-order valence-electron chi connectivity index (χ2n) is 4.15. The first-order valence-electron chi connectivity index (χ1n) is 5.35. The van der Waals surface area contributed by atoms with Crippen molar-refractivity contribution in [2.24, 2.45) is 0 Å². The molecule has 1 saturated heterocycles. The van der Waals surface area contributed by atoms with Crippen molar-refractivity contribution in [3.63, 3.8) is 0 Å². The second kappa shape index (κ2) is 3.35. The normalized spacial score (nSPS) is 23.2. The monoisotopic (exact) mass is 203 g/mol. The summed E-state index contributed by atoms with van der Waals surface area (Å²) in [6, 6.07) is 6.11. The third-order valence-corrected chi connectivity index (χ3v) is 3.00. The molecule has 3 heteroatoms. The molecule has 15 heavy (non-hydrogen) atoms. The predicted octanol–water partition coefficient (Wildman–Crippen LogP) is 1.51. The van der Waals surface area contributed by atoms with E-state index in [-0.39, 0.29) is 5.91 Å². The number of benzene rings is 1. The number of nitrogens with one attached hydrogen (secondary N) is 1. The van der Waals surface area contributed by atoms with Gasteiger partial charge < -0.3 is 10.1 Å². The van der Waals surface area contributed by atoms with Crippen LogP contribution < -0.4 is 5.32 Å². The van der Waals surface area contributed by atoms with Crippen LogP contribution in [0.15, 0.2) is 18.2 Å². The zero-order chi connectivity index (χ0) is 10.3. The maximum atomic E-state index is 11.2. The van der Waals surface area contributed by atoms with Crippen molar-refractivity contribution >= 4 is 11.6 Å². The van der Waals surface area contributed by atoms with Gasteiger partial charge in [-0.05, 0) is 23.6 Å². The Morgan fingerprint density at radius 2 is 2.27 bits per heavy atom. The van der Waals surface area contributed by atoms with Gasteiger partial charge in [0.1, 0.15) is 0 Å². The second-order valence-corrected chi connectivity index (χ2v) is 4.15. The molecule has 1 N–H and O–H groups in total. The van der Waals surface area contributed by atoms with Crippen LogP contribution in [-0.4, -0.2) is 18.6 Å². The van der Waals surface area contributed by atoms with E-state index in [4.69, 9.17) is 4.74 Å². The molecule has 1 unspecified atom stereocenters. The lowest BCUT2D eigenvalue weighted by molar-refractivity contribution is -0.116. The standard InChI is InChI=1S/C12H13NO2/c14-12-5-4-10-8(6-9-7-15-9)2-1-3-11(10)13-12/h1-3,9H,4-7H2,(H,13,14). The molecule has 0 spiro atoms. The average Bonchev–Trinajstić information content (AvgIpc) is 3.01. The van der Waals surface area contributed by atoms with Crippen molar-refractivity contribution < 1.29 is 9.53 Å². The molecule has 3 nitrogen and oxygen atoms in total. The smallest absolute Gasteiger partial charge is 0.224 e. The molecule has 2 aliphatic heterocycles. The molecule has 0 aliphatic carbocycles. The van der Waals surface area contributed by atoms with Crippen LogP contribution in [0.2, 0.25) is 0 Å². The Kier molecular flexibility index (Phi) is 1.99. The maximum Gasteiger partial charge on any atom is 0.224 e. The minimum atomic E-state index is 0.127. The van der Waals surface area contributed by atoms with Gasteiger partial charge in [0.25, 0.3) is 0 Å². The van der Waals surface area contributed by atoms with Gasteiger partial charge in [0, 0.05) is 18.5 Å². The number of carbonyl (C=O) groups is 1. The molecule has 0 aromatic heterocycles. The van der Waals surface area contributed by atoms with Crippen LogP contribution in [0, 0.1) is 0 Å². The molecule has 2 heterocycles. The summed E-state index contributed by atoms with van der Waals surface area (Å²) in [7, 11) is 0. The Morgan fingerprint density at radius 3 is 3.07 bits per heavy atom. The van der Waals surface area contributed by atoms with E-state index in [1.807, 2.05) is 12.1 Å². The van der Waals surface area contributed by atoms with Gasteiger partial charge in [-0.3, -0.25) is 4.79 Å². The van der Waals surface area contributed by atoms with Crippen molar-refractivity contribution in [1.29, 1.82) is 0 Å². The summed E-state index contributed by atoms with van der Waals surface area (Å²) >= 11 is 0. The first kappa shape index (κ1) is 8.92. The fourth-order valence-corrected chi connectivity index (χ4v) is 2.12. The lowest BCUT2D eigenvalue weighted by Crippen LogP contribution is -2.20. The van der Waals surface area contributed by atoms with E-state index in [9.17, 15) is 4.79 Å². The third kappa shape index (κ3) is 1.75. The number of hydrogen-bond donors (Lipinski definition) is 1. The van der Waals surface area contributed by atoms with Crippen molar-refractivity contribution in [3.05, 3.63) is 29.3 Å². The molecule has 1 aromatic carbocycles. The van der Waals surface area contributed by atoms with Crippen molar-refractivity contribution in [3.8, 4) is 0 Å². The largest absolute Gasteiger partial charge is 0.373 e. The number of anilines is 1. The number of carbonyl (C=O) groups excluding carboxylic acids is 1. The van der Waals surface area contributed by atoms with Gasteiger partial charge >= 0.3 is 0 Å². The SMILES string of the molecule is O=C1CCc2c(CC3CO3)cccc2N1. The minimum Gasteiger partial charge on any atom is -0.373 e. The topological polar surface area (TPSA) is 41.6 Å². The molecule has 1 amide bonds. The highest BCUT2D eigenvalue weighted by Gasteiger charge is 2.25. The van der Waals surface area contributed by atoms with Crippen molar-refractivity contribution in [2.75, 3.05) is 11.9 Å². The van der Waals surface area contributed by atoms with E-state index >= 15 is 0 Å². The molecule has 1 atom stereocenters. The molecular formula is C12H13NO2. The zero-order valence-electron chi connectivity index (χ0n) is 8.45. The molecule has 3 rings (SSSR count). The van der Waals surface area contributed by atoms with Crippen LogP contribution in [0.25, 0.3) is 0 Å². The summed E-state index contributed by atoms with van der Waals surface area (Å²) < 4.78 is 5.24. The Labute approximate surface area is 88.4 Å². The van der Waals surface area contributed by atoms with Crippen LogP contribution in [0.4, 0.5) is 5.69 Å². The Hall–Kier alpha value is -1.35. The van der Waals surface area contributed by atoms with E-state index in [1.165, 1.54) is 11.1 Å². The van der Waals surface area contributed by atoms with Crippen LogP contribution in [-0.2, 0) is 22.4 Å². The molecule has 0 saturated carbocycles. The maximum absolute atomic E-state index is 11.2. The number of ether oxygens (including phenoxy) is 1. The van der Waals surface area contributed by atoms with Gasteiger partial charge in [-0.25, -0.2) is 0 Å². The molecule has 78 valence electrons. The van der Waals surface area contributed by atoms with Gasteiger partial charge in [0.2, 0.25) is 5.91 Å². The van der Waals surface area contributed by atoms with Crippen LogP contribution >= 0.6 is 0 Å². The fraction of sp³-hybridized carbons (Fsp3) is 0.417. The average molecular weight is 203 g/mol. The number of rotatable bonds is 2. The highest BCUT2D eigenvalue weighted by Crippen LogP contribution is 2.28. The number of epoxide rings is 1.